The third-order valence-corrected chi connectivity index (χ3v) is 5.05. The van der Waals surface area contributed by atoms with Crippen LogP contribution in [-0.2, 0) is 28.9 Å². The van der Waals surface area contributed by atoms with Crippen molar-refractivity contribution in [1.82, 2.24) is 4.90 Å². The van der Waals surface area contributed by atoms with Gasteiger partial charge >= 0.3 is 0 Å². The van der Waals surface area contributed by atoms with Crippen LogP contribution in [0.25, 0.3) is 0 Å². The molecule has 2 amide bonds. The van der Waals surface area contributed by atoms with Crippen molar-refractivity contribution in [2.24, 2.45) is 0 Å². The summed E-state index contributed by atoms with van der Waals surface area (Å²) >= 11 is 1.68. The molecule has 1 aromatic heterocycles. The molecule has 2 aromatic rings. The fourth-order valence-electron chi connectivity index (χ4n) is 2.80. The number of hydrogen-bond acceptors (Lipinski definition) is 3. The average molecular weight is 328 g/mol. The minimum absolute atomic E-state index is 0.0185. The Kier molecular flexibility index (Phi) is 4.48. The lowest BCUT2D eigenvalue weighted by molar-refractivity contribution is -0.130. The highest BCUT2D eigenvalue weighted by Gasteiger charge is 2.20. The summed E-state index contributed by atoms with van der Waals surface area (Å²) in [5.41, 5.74) is 4.05. The molecule has 5 heteroatoms. The van der Waals surface area contributed by atoms with E-state index in [1.165, 1.54) is 5.56 Å². The maximum atomic E-state index is 12.5. The van der Waals surface area contributed by atoms with Gasteiger partial charge in [0, 0.05) is 18.8 Å². The number of likely N-dealkylation sites (N-methyl/N-ethyl adjacent to an activating group) is 1. The van der Waals surface area contributed by atoms with Gasteiger partial charge in [0.15, 0.2) is 0 Å². The van der Waals surface area contributed by atoms with Crippen LogP contribution >= 0.6 is 11.3 Å². The standard InChI is InChI=1S/C18H20N2O2S/c1-12(7-14-5-6-23-11-14)20(2)18(22)9-13-3-4-15-10-17(21)19-16(15)8-13/h3-6,8,11-12H,7,9-10H2,1-2H3,(H,19,21)/t12-/m0/s1. The molecule has 0 bridgehead atoms. The van der Waals surface area contributed by atoms with Crippen LogP contribution in [0.2, 0.25) is 0 Å². The molecule has 1 aromatic carbocycles. The number of anilines is 1. The van der Waals surface area contributed by atoms with Gasteiger partial charge in [0.05, 0.1) is 12.8 Å². The molecule has 1 aliphatic heterocycles. The lowest BCUT2D eigenvalue weighted by atomic mass is 10.0. The fraction of sp³-hybridized carbons (Fsp3) is 0.333. The van der Waals surface area contributed by atoms with Crippen molar-refractivity contribution in [2.45, 2.75) is 32.2 Å². The summed E-state index contributed by atoms with van der Waals surface area (Å²) in [4.78, 5) is 25.7. The largest absolute Gasteiger partial charge is 0.342 e. The molecule has 1 atom stereocenters. The molecule has 0 saturated carbocycles. The Morgan fingerprint density at radius 1 is 1.35 bits per heavy atom. The zero-order valence-electron chi connectivity index (χ0n) is 13.3. The minimum Gasteiger partial charge on any atom is -0.342 e. The summed E-state index contributed by atoms with van der Waals surface area (Å²) in [5, 5.41) is 7.01. The molecule has 2 heterocycles. The van der Waals surface area contributed by atoms with E-state index < -0.39 is 0 Å². The highest BCUT2D eigenvalue weighted by atomic mass is 32.1. The number of nitrogens with zero attached hydrogens (tertiary/aromatic N) is 1. The van der Waals surface area contributed by atoms with Crippen LogP contribution in [0.3, 0.4) is 0 Å². The highest BCUT2D eigenvalue weighted by molar-refractivity contribution is 7.07. The summed E-state index contributed by atoms with van der Waals surface area (Å²) in [6, 6.07) is 8.04. The number of thiophene rings is 1. The van der Waals surface area contributed by atoms with Crippen molar-refractivity contribution in [3.8, 4) is 0 Å². The first-order chi connectivity index (χ1) is 11.0. The Bertz CT molecular complexity index is 725. The third kappa shape index (κ3) is 3.62. The molecule has 23 heavy (non-hydrogen) atoms. The van der Waals surface area contributed by atoms with Gasteiger partial charge in [-0.1, -0.05) is 12.1 Å². The predicted octanol–water partition coefficient (Wildman–Crippen LogP) is 2.87. The fourth-order valence-corrected chi connectivity index (χ4v) is 3.48. The first kappa shape index (κ1) is 15.7. The molecule has 0 radical (unpaired) electrons. The summed E-state index contributed by atoms with van der Waals surface area (Å²) in [6.07, 6.45) is 1.65. The van der Waals surface area contributed by atoms with Crippen LogP contribution in [0, 0.1) is 0 Å². The number of fused-ring (bicyclic) bond motifs is 1. The van der Waals surface area contributed by atoms with Crippen molar-refractivity contribution in [3.05, 3.63) is 51.7 Å². The molecule has 3 rings (SSSR count). The Morgan fingerprint density at radius 2 is 2.17 bits per heavy atom. The highest BCUT2D eigenvalue weighted by Crippen LogP contribution is 2.24. The van der Waals surface area contributed by atoms with E-state index >= 15 is 0 Å². The molecule has 0 saturated heterocycles. The van der Waals surface area contributed by atoms with Gasteiger partial charge in [0.1, 0.15) is 0 Å². The van der Waals surface area contributed by atoms with Crippen LogP contribution in [0.5, 0.6) is 0 Å². The van der Waals surface area contributed by atoms with Gasteiger partial charge in [-0.2, -0.15) is 11.3 Å². The van der Waals surface area contributed by atoms with Gasteiger partial charge in [-0.15, -0.1) is 0 Å². The number of carbonyl (C=O) groups excluding carboxylic acids is 2. The first-order valence-electron chi connectivity index (χ1n) is 7.71. The maximum Gasteiger partial charge on any atom is 0.228 e. The quantitative estimate of drug-likeness (QED) is 0.917. The molecule has 0 fully saturated rings. The van der Waals surface area contributed by atoms with E-state index in [1.54, 1.807) is 11.3 Å². The monoisotopic (exact) mass is 328 g/mol. The number of carbonyl (C=O) groups is 2. The first-order valence-corrected chi connectivity index (χ1v) is 8.65. The second-order valence-corrected chi connectivity index (χ2v) is 6.86. The lowest BCUT2D eigenvalue weighted by Crippen LogP contribution is -2.37. The smallest absolute Gasteiger partial charge is 0.228 e. The van der Waals surface area contributed by atoms with Crippen molar-refractivity contribution < 1.29 is 9.59 Å². The molecule has 0 spiro atoms. The summed E-state index contributed by atoms with van der Waals surface area (Å²) < 4.78 is 0. The SMILES string of the molecule is C[C@@H](Cc1ccsc1)N(C)C(=O)Cc1ccc2c(c1)NC(=O)C2. The zero-order valence-corrected chi connectivity index (χ0v) is 14.2. The van der Waals surface area contributed by atoms with Crippen LogP contribution in [0.15, 0.2) is 35.0 Å². The number of hydrogen-bond donors (Lipinski definition) is 1. The lowest BCUT2D eigenvalue weighted by Gasteiger charge is -2.25. The summed E-state index contributed by atoms with van der Waals surface area (Å²) in [5.74, 6) is 0.113. The van der Waals surface area contributed by atoms with Gasteiger partial charge in [0.25, 0.3) is 0 Å². The Balaban J connectivity index is 1.62. The van der Waals surface area contributed by atoms with E-state index in [9.17, 15) is 9.59 Å². The summed E-state index contributed by atoms with van der Waals surface area (Å²) in [7, 11) is 1.86. The molecule has 0 aliphatic carbocycles. The van der Waals surface area contributed by atoms with Gasteiger partial charge in [-0.25, -0.2) is 0 Å². The number of rotatable bonds is 5. The van der Waals surface area contributed by atoms with Crippen molar-refractivity contribution >= 4 is 28.8 Å². The minimum atomic E-state index is 0.0185. The van der Waals surface area contributed by atoms with Crippen LogP contribution in [-0.4, -0.2) is 29.8 Å². The maximum absolute atomic E-state index is 12.5. The van der Waals surface area contributed by atoms with Crippen molar-refractivity contribution in [1.29, 1.82) is 0 Å². The van der Waals surface area contributed by atoms with Gasteiger partial charge < -0.3 is 10.2 Å². The van der Waals surface area contributed by atoms with E-state index in [0.29, 0.717) is 12.8 Å². The van der Waals surface area contributed by atoms with Crippen LogP contribution in [0.1, 0.15) is 23.6 Å². The van der Waals surface area contributed by atoms with E-state index in [2.05, 4.69) is 29.1 Å². The van der Waals surface area contributed by atoms with Crippen molar-refractivity contribution in [3.63, 3.8) is 0 Å². The summed E-state index contributed by atoms with van der Waals surface area (Å²) in [6.45, 7) is 2.07. The molecular weight excluding hydrogens is 308 g/mol. The van der Waals surface area contributed by atoms with E-state index in [0.717, 1.165) is 23.2 Å². The van der Waals surface area contributed by atoms with E-state index in [-0.39, 0.29) is 17.9 Å². The van der Waals surface area contributed by atoms with E-state index in [1.807, 2.05) is 30.1 Å². The molecule has 4 nitrogen and oxygen atoms in total. The topological polar surface area (TPSA) is 49.4 Å². The predicted molar refractivity (Wildman–Crippen MR) is 92.7 cm³/mol. The third-order valence-electron chi connectivity index (χ3n) is 4.32. The normalized spacial score (nSPS) is 14.3. The Hall–Kier alpha value is -2.14. The number of amides is 2. The van der Waals surface area contributed by atoms with Gasteiger partial charge in [-0.05, 0) is 52.9 Å². The number of benzene rings is 1. The molecular formula is C18H20N2O2S. The van der Waals surface area contributed by atoms with Crippen LogP contribution < -0.4 is 5.32 Å². The Labute approximate surface area is 140 Å². The van der Waals surface area contributed by atoms with Gasteiger partial charge in [-0.3, -0.25) is 9.59 Å². The Morgan fingerprint density at radius 3 is 2.91 bits per heavy atom. The molecule has 0 unspecified atom stereocenters. The average Bonchev–Trinajstić information content (AvgIpc) is 3.14. The molecule has 120 valence electrons. The van der Waals surface area contributed by atoms with Crippen molar-refractivity contribution in [2.75, 3.05) is 12.4 Å². The van der Waals surface area contributed by atoms with Gasteiger partial charge in [0.2, 0.25) is 11.8 Å². The molecule has 1 N–H and O–H groups in total. The zero-order chi connectivity index (χ0) is 16.4. The molecule has 1 aliphatic rings. The second kappa shape index (κ2) is 6.54. The number of nitrogens with one attached hydrogen (secondary N) is 1. The second-order valence-electron chi connectivity index (χ2n) is 6.08. The van der Waals surface area contributed by atoms with Crippen LogP contribution in [0.4, 0.5) is 5.69 Å². The van der Waals surface area contributed by atoms with E-state index in [4.69, 9.17) is 0 Å².